The summed E-state index contributed by atoms with van der Waals surface area (Å²) in [4.78, 5) is 28.8. The van der Waals surface area contributed by atoms with Gasteiger partial charge in [0.1, 0.15) is 4.88 Å². The first kappa shape index (κ1) is 18.8. The molecular formula is C18H16ClN5O2S. The van der Waals surface area contributed by atoms with Gasteiger partial charge in [-0.25, -0.2) is 0 Å². The van der Waals surface area contributed by atoms with Crippen LogP contribution in [0, 0.1) is 0 Å². The number of nitrogen functional groups attached to an aromatic ring is 1. The first-order valence-corrected chi connectivity index (χ1v) is 9.15. The Morgan fingerprint density at radius 2 is 1.74 bits per heavy atom. The number of pyridine rings is 1. The van der Waals surface area contributed by atoms with Crippen LogP contribution in [0.25, 0.3) is 0 Å². The van der Waals surface area contributed by atoms with Gasteiger partial charge in [0.2, 0.25) is 0 Å². The summed E-state index contributed by atoms with van der Waals surface area (Å²) in [6, 6.07) is 10.8. The van der Waals surface area contributed by atoms with Gasteiger partial charge in [-0.15, -0.1) is 0 Å². The van der Waals surface area contributed by atoms with E-state index in [2.05, 4.69) is 20.0 Å². The zero-order valence-corrected chi connectivity index (χ0v) is 15.7. The number of anilines is 1. The van der Waals surface area contributed by atoms with Crippen LogP contribution in [0.4, 0.5) is 5.69 Å². The maximum Gasteiger partial charge on any atom is 0.273 e. The fourth-order valence-electron chi connectivity index (χ4n) is 2.29. The number of hydrogen-bond acceptors (Lipinski definition) is 6. The van der Waals surface area contributed by atoms with E-state index in [0.29, 0.717) is 11.6 Å². The van der Waals surface area contributed by atoms with Gasteiger partial charge in [-0.3, -0.25) is 14.6 Å². The molecule has 2 heterocycles. The van der Waals surface area contributed by atoms with Gasteiger partial charge in [-0.1, -0.05) is 29.8 Å². The van der Waals surface area contributed by atoms with Gasteiger partial charge in [0, 0.05) is 30.5 Å². The maximum atomic E-state index is 12.3. The summed E-state index contributed by atoms with van der Waals surface area (Å²) < 4.78 is 4.03. The van der Waals surface area contributed by atoms with Crippen LogP contribution in [0.3, 0.4) is 0 Å². The van der Waals surface area contributed by atoms with Gasteiger partial charge in [0.25, 0.3) is 11.8 Å². The normalized spacial score (nSPS) is 10.4. The first-order valence-electron chi connectivity index (χ1n) is 8.00. The number of hydrogen-bond donors (Lipinski definition) is 3. The first-order chi connectivity index (χ1) is 13.1. The fraction of sp³-hybridized carbons (Fsp3) is 0.111. The highest BCUT2D eigenvalue weighted by atomic mass is 35.5. The Kier molecular flexibility index (Phi) is 6.00. The monoisotopic (exact) mass is 401 g/mol. The van der Waals surface area contributed by atoms with Crippen molar-refractivity contribution in [2.24, 2.45) is 0 Å². The average Bonchev–Trinajstić information content (AvgIpc) is 3.07. The predicted octanol–water partition coefficient (Wildman–Crippen LogP) is 2.63. The van der Waals surface area contributed by atoms with Crippen molar-refractivity contribution in [3.63, 3.8) is 0 Å². The van der Waals surface area contributed by atoms with E-state index in [0.717, 1.165) is 22.7 Å². The number of rotatable bonds is 6. The molecule has 0 saturated carbocycles. The van der Waals surface area contributed by atoms with E-state index >= 15 is 0 Å². The summed E-state index contributed by atoms with van der Waals surface area (Å²) >= 11 is 6.96. The Morgan fingerprint density at radius 1 is 1.04 bits per heavy atom. The minimum absolute atomic E-state index is 0.0288. The summed E-state index contributed by atoms with van der Waals surface area (Å²) in [7, 11) is 0. The Bertz CT molecular complexity index is 961. The van der Waals surface area contributed by atoms with Crippen molar-refractivity contribution >= 4 is 40.6 Å². The molecule has 0 saturated heterocycles. The lowest BCUT2D eigenvalue weighted by Crippen LogP contribution is -2.25. The lowest BCUT2D eigenvalue weighted by Gasteiger charge is -2.06. The van der Waals surface area contributed by atoms with E-state index in [4.69, 9.17) is 17.3 Å². The van der Waals surface area contributed by atoms with Crippen molar-refractivity contribution in [1.82, 2.24) is 20.0 Å². The third-order valence-corrected chi connectivity index (χ3v) is 4.98. The number of halogens is 1. The summed E-state index contributed by atoms with van der Waals surface area (Å²) in [5.74, 6) is -0.844. The summed E-state index contributed by atoms with van der Waals surface area (Å²) in [6.07, 6.45) is 3.29. The van der Waals surface area contributed by atoms with Crippen LogP contribution in [0.5, 0.6) is 0 Å². The SMILES string of the molecule is Nc1c(C(=O)NCc2ccccc2Cl)nsc1C(=O)NCc1ccncc1. The Morgan fingerprint density at radius 3 is 2.48 bits per heavy atom. The Labute approximate surface area is 164 Å². The van der Waals surface area contributed by atoms with E-state index in [1.54, 1.807) is 30.6 Å². The molecule has 0 bridgehead atoms. The van der Waals surface area contributed by atoms with Crippen LogP contribution >= 0.6 is 23.1 Å². The minimum Gasteiger partial charge on any atom is -0.395 e. The maximum absolute atomic E-state index is 12.3. The molecule has 0 radical (unpaired) electrons. The van der Waals surface area contributed by atoms with Crippen molar-refractivity contribution in [3.05, 3.63) is 75.5 Å². The highest BCUT2D eigenvalue weighted by Crippen LogP contribution is 2.22. The highest BCUT2D eigenvalue weighted by molar-refractivity contribution is 7.09. The molecule has 3 aromatic rings. The van der Waals surface area contributed by atoms with Gasteiger partial charge in [0.05, 0.1) is 5.69 Å². The standard InChI is InChI=1S/C18H16ClN5O2S/c19-13-4-2-1-3-12(13)10-23-17(25)15-14(20)16(27-24-15)18(26)22-9-11-5-7-21-8-6-11/h1-8H,9-10,20H2,(H,22,26)(H,23,25). The number of amides is 2. The van der Waals surface area contributed by atoms with Gasteiger partial charge in [-0.2, -0.15) is 4.37 Å². The molecule has 0 aliphatic rings. The van der Waals surface area contributed by atoms with Crippen molar-refractivity contribution in [2.45, 2.75) is 13.1 Å². The molecule has 0 fully saturated rings. The fourth-order valence-corrected chi connectivity index (χ4v) is 3.21. The van der Waals surface area contributed by atoms with Crippen molar-refractivity contribution in [2.75, 3.05) is 5.73 Å². The zero-order chi connectivity index (χ0) is 19.2. The van der Waals surface area contributed by atoms with Crippen LogP contribution in [0.15, 0.2) is 48.8 Å². The Balaban J connectivity index is 1.62. The molecule has 3 rings (SSSR count). The van der Waals surface area contributed by atoms with E-state index in [1.165, 1.54) is 0 Å². The second-order valence-corrected chi connectivity index (χ2v) is 6.77. The van der Waals surface area contributed by atoms with Crippen LogP contribution in [-0.2, 0) is 13.1 Å². The topological polar surface area (TPSA) is 110 Å². The van der Waals surface area contributed by atoms with Crippen molar-refractivity contribution < 1.29 is 9.59 Å². The number of nitrogens with one attached hydrogen (secondary N) is 2. The molecule has 27 heavy (non-hydrogen) atoms. The smallest absolute Gasteiger partial charge is 0.273 e. The second-order valence-electron chi connectivity index (χ2n) is 5.59. The van der Waals surface area contributed by atoms with Crippen LogP contribution < -0.4 is 16.4 Å². The lowest BCUT2D eigenvalue weighted by molar-refractivity contribution is 0.0946. The number of aromatic nitrogens is 2. The molecule has 4 N–H and O–H groups in total. The van der Waals surface area contributed by atoms with Crippen LogP contribution in [0.1, 0.15) is 31.3 Å². The summed E-state index contributed by atoms with van der Waals surface area (Å²) in [5.41, 5.74) is 7.73. The van der Waals surface area contributed by atoms with Gasteiger partial charge >= 0.3 is 0 Å². The zero-order valence-electron chi connectivity index (χ0n) is 14.1. The second kappa shape index (κ2) is 8.61. The number of carbonyl (C=O) groups is 2. The van der Waals surface area contributed by atoms with E-state index in [1.807, 2.05) is 18.2 Å². The van der Waals surface area contributed by atoms with Crippen molar-refractivity contribution in [1.29, 1.82) is 0 Å². The minimum atomic E-state index is -0.461. The van der Waals surface area contributed by atoms with Crippen LogP contribution in [-0.4, -0.2) is 21.2 Å². The molecule has 0 unspecified atom stereocenters. The molecule has 7 nitrogen and oxygen atoms in total. The lowest BCUT2D eigenvalue weighted by atomic mass is 10.2. The van der Waals surface area contributed by atoms with Gasteiger partial charge in [0.15, 0.2) is 5.69 Å². The van der Waals surface area contributed by atoms with E-state index in [9.17, 15) is 9.59 Å². The van der Waals surface area contributed by atoms with Crippen LogP contribution in [0.2, 0.25) is 5.02 Å². The van der Waals surface area contributed by atoms with Gasteiger partial charge < -0.3 is 16.4 Å². The highest BCUT2D eigenvalue weighted by Gasteiger charge is 2.22. The average molecular weight is 402 g/mol. The summed E-state index contributed by atoms with van der Waals surface area (Å²) in [5, 5.41) is 6.01. The number of benzene rings is 1. The molecule has 138 valence electrons. The molecular weight excluding hydrogens is 386 g/mol. The molecule has 0 atom stereocenters. The van der Waals surface area contributed by atoms with E-state index in [-0.39, 0.29) is 28.7 Å². The summed E-state index contributed by atoms with van der Waals surface area (Å²) in [6.45, 7) is 0.561. The number of nitrogens with zero attached hydrogens (tertiary/aromatic N) is 2. The molecule has 2 amide bonds. The third-order valence-electron chi connectivity index (χ3n) is 3.75. The quantitative estimate of drug-likeness (QED) is 0.588. The molecule has 0 aliphatic carbocycles. The molecule has 1 aromatic carbocycles. The largest absolute Gasteiger partial charge is 0.395 e. The number of nitrogens with two attached hydrogens (primary N) is 1. The molecule has 0 aliphatic heterocycles. The van der Waals surface area contributed by atoms with Gasteiger partial charge in [-0.05, 0) is 40.9 Å². The van der Waals surface area contributed by atoms with Crippen molar-refractivity contribution in [3.8, 4) is 0 Å². The molecule has 9 heteroatoms. The Hall–Kier alpha value is -2.97. The predicted molar refractivity (Wildman–Crippen MR) is 105 cm³/mol. The van der Waals surface area contributed by atoms with E-state index < -0.39 is 5.91 Å². The number of carbonyl (C=O) groups excluding carboxylic acids is 2. The third kappa shape index (κ3) is 4.60. The molecule has 0 spiro atoms. The molecule has 2 aromatic heterocycles.